The molecule has 0 aliphatic rings. The Balaban J connectivity index is 2.58. The van der Waals surface area contributed by atoms with Crippen LogP contribution in [-0.2, 0) is 0 Å². The van der Waals surface area contributed by atoms with E-state index in [9.17, 15) is 0 Å². The summed E-state index contributed by atoms with van der Waals surface area (Å²) in [6.45, 7) is 16.6. The van der Waals surface area contributed by atoms with E-state index in [4.69, 9.17) is 12.8 Å². The van der Waals surface area contributed by atoms with Gasteiger partial charge in [-0.25, -0.2) is 4.39 Å². The van der Waals surface area contributed by atoms with Crippen LogP contribution < -0.4 is 5.32 Å². The van der Waals surface area contributed by atoms with E-state index in [0.717, 1.165) is 47.3 Å². The van der Waals surface area contributed by atoms with Crippen molar-refractivity contribution in [2.45, 2.75) is 60.8 Å². The highest BCUT2D eigenvalue weighted by Crippen LogP contribution is 2.37. The first-order valence-electron chi connectivity index (χ1n) is 11.2. The maximum Gasteiger partial charge on any atom is 0.128 e. The summed E-state index contributed by atoms with van der Waals surface area (Å²) < 4.78 is 15.1. The molecule has 0 spiro atoms. The number of aryl methyl sites for hydroxylation is 2. The molecular weight excluding hydrogens is 393 g/mol. The molecule has 0 amide bonds. The minimum Gasteiger partial charge on any atom is -0.316 e. The molecule has 2 rings (SSSR count). The lowest BCUT2D eigenvalue weighted by atomic mass is 9.82. The van der Waals surface area contributed by atoms with E-state index < -0.39 is 0 Å². The van der Waals surface area contributed by atoms with Crippen LogP contribution in [0.25, 0.3) is 5.57 Å². The molecule has 2 aromatic carbocycles. The molecule has 0 radical (unpaired) electrons. The van der Waals surface area contributed by atoms with E-state index in [-0.39, 0.29) is 17.2 Å². The van der Waals surface area contributed by atoms with Gasteiger partial charge >= 0.3 is 0 Å². The topological polar surface area (TPSA) is 12.0 Å². The summed E-state index contributed by atoms with van der Waals surface area (Å²) in [5.41, 5.74) is 7.76. The standard InChI is InChI=1S/C30H36FN/c1-10-24-17-21(4)28(27(31)18-24)23(6)22(5)26(15-16-32-19-30(7,8)9)29-20(3)13-12-14-25(29)11-2/h1-2,12-14,17-18,23,32H,15-16,19H2,3-9H3/b26-22+. The third-order valence-corrected chi connectivity index (χ3v) is 6.00. The smallest absolute Gasteiger partial charge is 0.128 e. The van der Waals surface area contributed by atoms with Gasteiger partial charge in [0.05, 0.1) is 0 Å². The van der Waals surface area contributed by atoms with Gasteiger partial charge in [0.25, 0.3) is 0 Å². The van der Waals surface area contributed by atoms with Gasteiger partial charge in [0.1, 0.15) is 5.82 Å². The number of hydrogen-bond acceptors (Lipinski definition) is 1. The second kappa shape index (κ2) is 10.7. The number of terminal acetylenes is 2. The van der Waals surface area contributed by atoms with Crippen molar-refractivity contribution < 1.29 is 4.39 Å². The average Bonchev–Trinajstić information content (AvgIpc) is 2.72. The molecule has 1 unspecified atom stereocenters. The molecule has 168 valence electrons. The number of halogens is 1. The monoisotopic (exact) mass is 429 g/mol. The van der Waals surface area contributed by atoms with Crippen LogP contribution in [0.15, 0.2) is 35.9 Å². The van der Waals surface area contributed by atoms with Gasteiger partial charge in [0, 0.05) is 23.6 Å². The van der Waals surface area contributed by atoms with E-state index >= 15 is 4.39 Å². The third kappa shape index (κ3) is 6.12. The Hall–Kier alpha value is -2.81. The highest BCUT2D eigenvalue weighted by molar-refractivity contribution is 5.76. The van der Waals surface area contributed by atoms with Gasteiger partial charge in [-0.3, -0.25) is 0 Å². The molecule has 0 saturated carbocycles. The fourth-order valence-corrected chi connectivity index (χ4v) is 4.25. The van der Waals surface area contributed by atoms with Crippen molar-refractivity contribution in [1.29, 1.82) is 0 Å². The zero-order chi connectivity index (χ0) is 24.1. The first-order chi connectivity index (χ1) is 15.0. The molecule has 2 aromatic rings. The number of hydrogen-bond donors (Lipinski definition) is 1. The van der Waals surface area contributed by atoms with Gasteiger partial charge in [-0.2, -0.15) is 0 Å². The van der Waals surface area contributed by atoms with Gasteiger partial charge in [-0.05, 0) is 85.2 Å². The summed E-state index contributed by atoms with van der Waals surface area (Å²) >= 11 is 0. The summed E-state index contributed by atoms with van der Waals surface area (Å²) in [5, 5.41) is 3.57. The Morgan fingerprint density at radius 1 is 1.09 bits per heavy atom. The normalized spacial score (nSPS) is 13.2. The van der Waals surface area contributed by atoms with Crippen molar-refractivity contribution in [3.8, 4) is 24.7 Å². The van der Waals surface area contributed by atoms with Crippen molar-refractivity contribution in [2.75, 3.05) is 13.1 Å². The minimum absolute atomic E-state index is 0.107. The van der Waals surface area contributed by atoms with E-state index in [1.807, 2.05) is 25.1 Å². The number of rotatable bonds is 7. The van der Waals surface area contributed by atoms with Crippen LogP contribution in [0.4, 0.5) is 4.39 Å². The molecule has 2 heteroatoms. The Morgan fingerprint density at radius 2 is 1.78 bits per heavy atom. The molecule has 0 bridgehead atoms. The largest absolute Gasteiger partial charge is 0.316 e. The van der Waals surface area contributed by atoms with Gasteiger partial charge in [-0.1, -0.05) is 57.2 Å². The lowest BCUT2D eigenvalue weighted by Gasteiger charge is -2.24. The Kier molecular flexibility index (Phi) is 8.49. The fraction of sp³-hybridized carbons (Fsp3) is 0.400. The number of benzene rings is 2. The van der Waals surface area contributed by atoms with Crippen LogP contribution in [-0.4, -0.2) is 13.1 Å². The van der Waals surface area contributed by atoms with Gasteiger partial charge in [0.2, 0.25) is 0 Å². The lowest BCUT2D eigenvalue weighted by Crippen LogP contribution is -2.28. The Bertz CT molecular complexity index is 1060. The summed E-state index contributed by atoms with van der Waals surface area (Å²) in [6, 6.07) is 9.40. The summed E-state index contributed by atoms with van der Waals surface area (Å²) in [4.78, 5) is 0. The molecule has 0 saturated heterocycles. The average molecular weight is 430 g/mol. The quantitative estimate of drug-likeness (QED) is 0.369. The molecule has 0 aromatic heterocycles. The van der Waals surface area contributed by atoms with Gasteiger partial charge < -0.3 is 5.32 Å². The summed E-state index contributed by atoms with van der Waals surface area (Å²) in [6.07, 6.45) is 12.2. The minimum atomic E-state index is -0.253. The molecule has 0 aliphatic heterocycles. The molecule has 1 N–H and O–H groups in total. The second-order valence-corrected chi connectivity index (χ2v) is 9.85. The van der Waals surface area contributed by atoms with Crippen LogP contribution >= 0.6 is 0 Å². The lowest BCUT2D eigenvalue weighted by molar-refractivity contribution is 0.382. The van der Waals surface area contributed by atoms with Crippen LogP contribution in [0.1, 0.15) is 80.3 Å². The Morgan fingerprint density at radius 3 is 2.34 bits per heavy atom. The molecule has 1 nitrogen and oxygen atoms in total. The number of nitrogens with one attached hydrogen (secondary N) is 1. The van der Waals surface area contributed by atoms with E-state index in [0.29, 0.717) is 11.1 Å². The van der Waals surface area contributed by atoms with Gasteiger partial charge in [-0.15, -0.1) is 12.8 Å². The molecule has 0 fully saturated rings. The fourth-order valence-electron chi connectivity index (χ4n) is 4.25. The van der Waals surface area contributed by atoms with Crippen molar-refractivity contribution in [3.63, 3.8) is 0 Å². The van der Waals surface area contributed by atoms with E-state index in [1.165, 1.54) is 11.6 Å². The van der Waals surface area contributed by atoms with Crippen molar-refractivity contribution in [2.24, 2.45) is 5.41 Å². The molecule has 0 heterocycles. The van der Waals surface area contributed by atoms with Crippen LogP contribution in [0.5, 0.6) is 0 Å². The Labute approximate surface area is 194 Å². The molecule has 1 atom stereocenters. The molecule has 0 aliphatic carbocycles. The molecule has 32 heavy (non-hydrogen) atoms. The maximum atomic E-state index is 15.1. The predicted octanol–water partition coefficient (Wildman–Crippen LogP) is 7.01. The zero-order valence-corrected chi connectivity index (χ0v) is 20.6. The predicted molar refractivity (Wildman–Crippen MR) is 136 cm³/mol. The highest BCUT2D eigenvalue weighted by atomic mass is 19.1. The molecular formula is C30H36FN. The third-order valence-electron chi connectivity index (χ3n) is 6.00. The highest BCUT2D eigenvalue weighted by Gasteiger charge is 2.21. The SMILES string of the molecule is C#Cc1cc(C)c(C(C)/C(C)=C(\CCNCC(C)(C)C)c2c(C)cccc2C#C)c(F)c1. The van der Waals surface area contributed by atoms with Crippen LogP contribution in [0.2, 0.25) is 0 Å². The summed E-state index contributed by atoms with van der Waals surface area (Å²) in [5.74, 6) is 5.03. The van der Waals surface area contributed by atoms with Crippen molar-refractivity contribution in [1.82, 2.24) is 5.32 Å². The second-order valence-electron chi connectivity index (χ2n) is 9.85. The maximum absolute atomic E-state index is 15.1. The van der Waals surface area contributed by atoms with E-state index in [1.54, 1.807) is 0 Å². The van der Waals surface area contributed by atoms with Gasteiger partial charge in [0.15, 0.2) is 0 Å². The first kappa shape index (κ1) is 25.5. The first-order valence-corrected chi connectivity index (χ1v) is 11.2. The van der Waals surface area contributed by atoms with Crippen molar-refractivity contribution in [3.05, 3.63) is 75.1 Å². The zero-order valence-electron chi connectivity index (χ0n) is 20.6. The number of allylic oxidation sites excluding steroid dienone is 1. The van der Waals surface area contributed by atoms with Crippen LogP contribution in [0, 0.1) is 49.8 Å². The van der Waals surface area contributed by atoms with E-state index in [2.05, 4.69) is 64.8 Å². The van der Waals surface area contributed by atoms with Crippen LogP contribution in [0.3, 0.4) is 0 Å². The summed E-state index contributed by atoms with van der Waals surface area (Å²) in [7, 11) is 0. The van der Waals surface area contributed by atoms with Crippen molar-refractivity contribution >= 4 is 5.57 Å².